The number of methoxy groups -OCH3 is 1. The van der Waals surface area contributed by atoms with Crippen LogP contribution in [-0.2, 0) is 11.3 Å². The molecule has 1 N–H and O–H groups in total. The Morgan fingerprint density at radius 1 is 1.17 bits per heavy atom. The van der Waals surface area contributed by atoms with Crippen molar-refractivity contribution in [3.63, 3.8) is 0 Å². The molecule has 0 bridgehead atoms. The minimum atomic E-state index is -0.387. The molecule has 1 aromatic heterocycles. The van der Waals surface area contributed by atoms with Crippen LogP contribution < -0.4 is 14.9 Å². The molecule has 1 amide bonds. The monoisotopic (exact) mass is 412 g/mol. The Labute approximate surface area is 173 Å². The standard InChI is InChI=1S/C21H21ClN4O3/c1-15-19(21(22)26(25-15)13-16-6-4-3-5-7-16)12-23-24-20(27)14-29-18-10-8-17(28-2)9-11-18/h3-12H,13-14H2,1-2H3,(H,24,27)/b23-12+. The average Bonchev–Trinajstić information content (AvgIpc) is 3.00. The van der Waals surface area contributed by atoms with Gasteiger partial charge in [0.2, 0.25) is 0 Å². The van der Waals surface area contributed by atoms with Crippen LogP contribution in [0.15, 0.2) is 59.7 Å². The van der Waals surface area contributed by atoms with Crippen LogP contribution in [0.3, 0.4) is 0 Å². The van der Waals surface area contributed by atoms with Crippen LogP contribution in [0, 0.1) is 6.92 Å². The lowest BCUT2D eigenvalue weighted by molar-refractivity contribution is -0.123. The topological polar surface area (TPSA) is 77.7 Å². The third kappa shape index (κ3) is 5.58. The van der Waals surface area contributed by atoms with E-state index >= 15 is 0 Å². The number of ether oxygens (including phenoxy) is 2. The molecule has 0 aliphatic carbocycles. The van der Waals surface area contributed by atoms with Gasteiger partial charge in [-0.2, -0.15) is 10.2 Å². The molecule has 150 valence electrons. The second-order valence-corrected chi connectivity index (χ2v) is 6.55. The van der Waals surface area contributed by atoms with Crippen molar-refractivity contribution >= 4 is 23.7 Å². The summed E-state index contributed by atoms with van der Waals surface area (Å²) in [6, 6.07) is 16.8. The van der Waals surface area contributed by atoms with Gasteiger partial charge in [-0.1, -0.05) is 41.9 Å². The van der Waals surface area contributed by atoms with Gasteiger partial charge in [-0.3, -0.25) is 4.79 Å². The fourth-order valence-corrected chi connectivity index (χ4v) is 2.88. The summed E-state index contributed by atoms with van der Waals surface area (Å²) in [5.74, 6) is 0.889. The number of aromatic nitrogens is 2. The van der Waals surface area contributed by atoms with Crippen LogP contribution in [-0.4, -0.2) is 35.6 Å². The summed E-state index contributed by atoms with van der Waals surface area (Å²) in [4.78, 5) is 11.9. The van der Waals surface area contributed by atoms with Crippen molar-refractivity contribution in [1.82, 2.24) is 15.2 Å². The summed E-state index contributed by atoms with van der Waals surface area (Å²) in [6.45, 7) is 2.23. The number of nitrogens with one attached hydrogen (secondary N) is 1. The van der Waals surface area contributed by atoms with Gasteiger partial charge in [0.15, 0.2) is 6.61 Å². The van der Waals surface area contributed by atoms with E-state index in [9.17, 15) is 4.79 Å². The molecule has 0 radical (unpaired) electrons. The molecule has 0 unspecified atom stereocenters. The predicted molar refractivity (Wildman–Crippen MR) is 112 cm³/mol. The summed E-state index contributed by atoms with van der Waals surface area (Å²) >= 11 is 6.42. The van der Waals surface area contributed by atoms with Gasteiger partial charge < -0.3 is 9.47 Å². The Hall–Kier alpha value is -3.32. The van der Waals surface area contributed by atoms with Gasteiger partial charge in [0, 0.05) is 0 Å². The van der Waals surface area contributed by atoms with E-state index in [1.807, 2.05) is 37.3 Å². The molecule has 0 fully saturated rings. The number of hydrogen-bond acceptors (Lipinski definition) is 5. The van der Waals surface area contributed by atoms with E-state index in [-0.39, 0.29) is 12.5 Å². The number of benzene rings is 2. The number of hydrazone groups is 1. The van der Waals surface area contributed by atoms with Crippen molar-refractivity contribution in [1.29, 1.82) is 0 Å². The SMILES string of the molecule is COc1ccc(OCC(=O)N/N=C/c2c(C)nn(Cc3ccccc3)c2Cl)cc1. The highest BCUT2D eigenvalue weighted by molar-refractivity contribution is 6.32. The summed E-state index contributed by atoms with van der Waals surface area (Å²) in [5, 5.41) is 8.86. The number of hydrogen-bond donors (Lipinski definition) is 1. The Balaban J connectivity index is 1.54. The minimum Gasteiger partial charge on any atom is -0.497 e. The van der Waals surface area contributed by atoms with Gasteiger partial charge in [0.05, 0.1) is 31.1 Å². The maximum Gasteiger partial charge on any atom is 0.277 e. The maximum absolute atomic E-state index is 11.9. The van der Waals surface area contributed by atoms with Crippen LogP contribution in [0.1, 0.15) is 16.8 Å². The molecule has 3 rings (SSSR count). The zero-order valence-electron chi connectivity index (χ0n) is 16.1. The fraction of sp³-hybridized carbons (Fsp3) is 0.190. The smallest absolute Gasteiger partial charge is 0.277 e. The first-order valence-electron chi connectivity index (χ1n) is 8.92. The second kappa shape index (κ2) is 9.75. The number of nitrogens with zero attached hydrogens (tertiary/aromatic N) is 3. The Kier molecular flexibility index (Phi) is 6.86. The summed E-state index contributed by atoms with van der Waals surface area (Å²) < 4.78 is 12.2. The number of rotatable bonds is 8. The zero-order valence-corrected chi connectivity index (χ0v) is 16.9. The van der Waals surface area contributed by atoms with Crippen LogP contribution in [0.25, 0.3) is 0 Å². The molecule has 8 heteroatoms. The molecule has 29 heavy (non-hydrogen) atoms. The molecular weight excluding hydrogens is 392 g/mol. The lowest BCUT2D eigenvalue weighted by Gasteiger charge is -2.05. The van der Waals surface area contributed by atoms with Crippen LogP contribution >= 0.6 is 11.6 Å². The first kappa shape index (κ1) is 20.4. The van der Waals surface area contributed by atoms with E-state index in [1.165, 1.54) is 6.21 Å². The third-order valence-corrected chi connectivity index (χ3v) is 4.50. The summed E-state index contributed by atoms with van der Waals surface area (Å²) in [7, 11) is 1.58. The third-order valence-electron chi connectivity index (χ3n) is 4.10. The number of carbonyl (C=O) groups excluding carboxylic acids is 1. The zero-order chi connectivity index (χ0) is 20.6. The Bertz CT molecular complexity index is 985. The molecule has 0 aliphatic rings. The maximum atomic E-state index is 11.9. The quantitative estimate of drug-likeness (QED) is 0.454. The molecular formula is C21H21ClN4O3. The first-order valence-corrected chi connectivity index (χ1v) is 9.30. The highest BCUT2D eigenvalue weighted by Gasteiger charge is 2.12. The fourth-order valence-electron chi connectivity index (χ4n) is 2.60. The lowest BCUT2D eigenvalue weighted by Crippen LogP contribution is -2.24. The first-order chi connectivity index (χ1) is 14.1. The molecule has 0 atom stereocenters. The number of halogens is 1. The van der Waals surface area contributed by atoms with E-state index in [0.717, 1.165) is 11.3 Å². The molecule has 0 saturated heterocycles. The van der Waals surface area contributed by atoms with Crippen LogP contribution in [0.2, 0.25) is 5.15 Å². The number of amides is 1. The van der Waals surface area contributed by atoms with Gasteiger partial charge in [0.25, 0.3) is 5.91 Å². The summed E-state index contributed by atoms with van der Waals surface area (Å²) in [6.07, 6.45) is 1.48. The van der Waals surface area contributed by atoms with E-state index in [2.05, 4.69) is 15.6 Å². The van der Waals surface area contributed by atoms with E-state index in [4.69, 9.17) is 21.1 Å². The predicted octanol–water partition coefficient (Wildman–Crippen LogP) is 3.43. The Morgan fingerprint density at radius 2 is 1.86 bits per heavy atom. The van der Waals surface area contributed by atoms with Gasteiger partial charge in [-0.25, -0.2) is 10.1 Å². The minimum absolute atomic E-state index is 0.163. The van der Waals surface area contributed by atoms with Gasteiger partial charge in [-0.15, -0.1) is 0 Å². The van der Waals surface area contributed by atoms with E-state index in [1.54, 1.807) is 36.1 Å². The van der Waals surface area contributed by atoms with Crippen molar-refractivity contribution in [3.8, 4) is 11.5 Å². The van der Waals surface area contributed by atoms with Gasteiger partial charge in [-0.05, 0) is 36.8 Å². The van der Waals surface area contributed by atoms with Gasteiger partial charge in [0.1, 0.15) is 16.7 Å². The van der Waals surface area contributed by atoms with Crippen molar-refractivity contribution in [2.75, 3.05) is 13.7 Å². The molecule has 7 nitrogen and oxygen atoms in total. The number of aryl methyl sites for hydroxylation is 1. The highest BCUT2D eigenvalue weighted by Crippen LogP contribution is 2.19. The lowest BCUT2D eigenvalue weighted by atomic mass is 10.2. The molecule has 2 aromatic carbocycles. The van der Waals surface area contributed by atoms with Crippen molar-refractivity contribution in [2.45, 2.75) is 13.5 Å². The second-order valence-electron chi connectivity index (χ2n) is 6.19. The number of carbonyl (C=O) groups is 1. The van der Waals surface area contributed by atoms with E-state index in [0.29, 0.717) is 28.8 Å². The van der Waals surface area contributed by atoms with Crippen molar-refractivity contribution < 1.29 is 14.3 Å². The van der Waals surface area contributed by atoms with Crippen LogP contribution in [0.5, 0.6) is 11.5 Å². The molecule has 1 heterocycles. The molecule has 0 spiro atoms. The molecule has 0 aliphatic heterocycles. The van der Waals surface area contributed by atoms with Crippen molar-refractivity contribution in [2.24, 2.45) is 5.10 Å². The normalized spacial score (nSPS) is 10.9. The molecule has 0 saturated carbocycles. The highest BCUT2D eigenvalue weighted by atomic mass is 35.5. The van der Waals surface area contributed by atoms with E-state index < -0.39 is 0 Å². The van der Waals surface area contributed by atoms with Crippen molar-refractivity contribution in [3.05, 3.63) is 76.6 Å². The van der Waals surface area contributed by atoms with Crippen LogP contribution in [0.4, 0.5) is 0 Å². The molecule has 3 aromatic rings. The summed E-state index contributed by atoms with van der Waals surface area (Å²) in [5.41, 5.74) is 4.88. The largest absolute Gasteiger partial charge is 0.497 e. The van der Waals surface area contributed by atoms with Gasteiger partial charge >= 0.3 is 0 Å². The Morgan fingerprint density at radius 3 is 2.55 bits per heavy atom. The average molecular weight is 413 g/mol.